The monoisotopic (exact) mass is 375 g/mol. The lowest BCUT2D eigenvalue weighted by molar-refractivity contribution is 0.0299. The highest BCUT2D eigenvalue weighted by molar-refractivity contribution is 9.10. The number of hydrogen-bond donors (Lipinski definition) is 1. The Morgan fingerprint density at radius 3 is 2.61 bits per heavy atom. The van der Waals surface area contributed by atoms with Crippen molar-refractivity contribution in [3.05, 3.63) is 52.3 Å². The van der Waals surface area contributed by atoms with E-state index in [9.17, 15) is 4.79 Å². The summed E-state index contributed by atoms with van der Waals surface area (Å²) >= 11 is 3.49. The molecule has 1 aromatic carbocycles. The van der Waals surface area contributed by atoms with E-state index in [-0.39, 0.29) is 5.91 Å². The molecule has 3 rings (SSSR count). The molecule has 1 fully saturated rings. The Labute approximate surface area is 143 Å². The number of ether oxygens (including phenoxy) is 1. The van der Waals surface area contributed by atoms with Crippen molar-refractivity contribution in [1.29, 1.82) is 0 Å². The largest absolute Gasteiger partial charge is 0.378 e. The molecule has 1 saturated heterocycles. The van der Waals surface area contributed by atoms with Crippen molar-refractivity contribution < 1.29 is 9.53 Å². The number of rotatable bonds is 3. The molecule has 1 aromatic heterocycles. The molecular formula is C17H18BrN3O2. The van der Waals surface area contributed by atoms with Crippen LogP contribution in [0.15, 0.2) is 41.0 Å². The first-order valence-electron chi connectivity index (χ1n) is 7.50. The zero-order valence-electron chi connectivity index (χ0n) is 12.9. The minimum absolute atomic E-state index is 0.0423. The van der Waals surface area contributed by atoms with Gasteiger partial charge in [0.05, 0.1) is 25.1 Å². The number of halogens is 1. The van der Waals surface area contributed by atoms with Gasteiger partial charge in [0.15, 0.2) is 0 Å². The van der Waals surface area contributed by atoms with E-state index in [1.165, 1.54) is 0 Å². The third-order valence-electron chi connectivity index (χ3n) is 3.73. The number of amides is 1. The fourth-order valence-corrected chi connectivity index (χ4v) is 2.66. The Morgan fingerprint density at radius 2 is 1.96 bits per heavy atom. The van der Waals surface area contributed by atoms with E-state index in [1.54, 1.807) is 17.2 Å². The minimum Gasteiger partial charge on any atom is -0.378 e. The van der Waals surface area contributed by atoms with Crippen LogP contribution in [0.4, 0.5) is 11.4 Å². The second-order valence-electron chi connectivity index (χ2n) is 5.43. The number of morpholine rings is 1. The van der Waals surface area contributed by atoms with Crippen LogP contribution in [0.1, 0.15) is 16.1 Å². The van der Waals surface area contributed by atoms with Gasteiger partial charge in [-0.2, -0.15) is 0 Å². The molecular weight excluding hydrogens is 358 g/mol. The number of aromatic nitrogens is 1. The van der Waals surface area contributed by atoms with Gasteiger partial charge in [-0.15, -0.1) is 0 Å². The number of anilines is 2. The first-order chi connectivity index (χ1) is 11.1. The second-order valence-corrected chi connectivity index (χ2v) is 6.28. The maximum absolute atomic E-state index is 12.3. The highest BCUT2D eigenvalue weighted by Crippen LogP contribution is 2.22. The molecule has 0 saturated carbocycles. The number of hydrogen-bond acceptors (Lipinski definition) is 4. The van der Waals surface area contributed by atoms with Crippen molar-refractivity contribution in [3.63, 3.8) is 0 Å². The van der Waals surface area contributed by atoms with E-state index in [0.29, 0.717) is 32.0 Å². The Bertz CT molecular complexity index is 697. The number of pyridine rings is 1. The molecule has 6 heteroatoms. The van der Waals surface area contributed by atoms with E-state index in [0.717, 1.165) is 21.4 Å². The molecule has 1 aliphatic rings. The van der Waals surface area contributed by atoms with Gasteiger partial charge in [0.1, 0.15) is 5.69 Å². The summed E-state index contributed by atoms with van der Waals surface area (Å²) in [4.78, 5) is 18.4. The number of benzene rings is 1. The lowest BCUT2D eigenvalue weighted by Gasteiger charge is -2.26. The summed E-state index contributed by atoms with van der Waals surface area (Å²) < 4.78 is 6.34. The molecule has 0 atom stereocenters. The molecule has 23 heavy (non-hydrogen) atoms. The number of carbonyl (C=O) groups excluding carboxylic acids is 1. The van der Waals surface area contributed by atoms with Gasteiger partial charge < -0.3 is 15.0 Å². The number of nitrogens with one attached hydrogen (secondary N) is 1. The predicted molar refractivity (Wildman–Crippen MR) is 93.1 cm³/mol. The van der Waals surface area contributed by atoms with E-state index in [1.807, 2.05) is 25.1 Å². The Kier molecular flexibility index (Phi) is 4.93. The fourth-order valence-electron chi connectivity index (χ4n) is 2.41. The molecule has 0 aliphatic carbocycles. The summed E-state index contributed by atoms with van der Waals surface area (Å²) in [6, 6.07) is 9.67. The summed E-state index contributed by atoms with van der Waals surface area (Å²) in [5.74, 6) is -0.0423. The maximum Gasteiger partial charge on any atom is 0.272 e. The molecule has 1 aliphatic heterocycles. The minimum atomic E-state index is -0.0423. The lowest BCUT2D eigenvalue weighted by Crippen LogP contribution is -2.41. The first kappa shape index (κ1) is 16.0. The van der Waals surface area contributed by atoms with Crippen LogP contribution >= 0.6 is 15.9 Å². The van der Waals surface area contributed by atoms with Crippen molar-refractivity contribution in [2.24, 2.45) is 0 Å². The van der Waals surface area contributed by atoms with Gasteiger partial charge in [-0.1, -0.05) is 15.9 Å². The number of aryl methyl sites for hydroxylation is 1. The van der Waals surface area contributed by atoms with Gasteiger partial charge in [0, 0.05) is 23.2 Å². The van der Waals surface area contributed by atoms with Crippen LogP contribution in [0.25, 0.3) is 0 Å². The first-order valence-corrected chi connectivity index (χ1v) is 8.29. The Morgan fingerprint density at radius 1 is 1.22 bits per heavy atom. The average molecular weight is 376 g/mol. The van der Waals surface area contributed by atoms with Crippen molar-refractivity contribution in [1.82, 2.24) is 9.88 Å². The zero-order chi connectivity index (χ0) is 16.2. The van der Waals surface area contributed by atoms with E-state index in [4.69, 9.17) is 4.74 Å². The molecule has 2 aromatic rings. The zero-order valence-corrected chi connectivity index (χ0v) is 14.5. The van der Waals surface area contributed by atoms with Gasteiger partial charge in [0.25, 0.3) is 5.91 Å². The van der Waals surface area contributed by atoms with Gasteiger partial charge >= 0.3 is 0 Å². The molecule has 120 valence electrons. The number of carbonyl (C=O) groups is 1. The molecule has 2 heterocycles. The van der Waals surface area contributed by atoms with Gasteiger partial charge in [-0.3, -0.25) is 4.79 Å². The smallest absolute Gasteiger partial charge is 0.272 e. The van der Waals surface area contributed by atoms with Crippen LogP contribution in [-0.4, -0.2) is 42.1 Å². The normalized spacial score (nSPS) is 14.6. The predicted octanol–water partition coefficient (Wildman–Crippen LogP) is 3.37. The van der Waals surface area contributed by atoms with Crippen molar-refractivity contribution in [2.75, 3.05) is 31.6 Å². The van der Waals surface area contributed by atoms with Crippen molar-refractivity contribution in [2.45, 2.75) is 6.92 Å². The summed E-state index contributed by atoms with van der Waals surface area (Å²) in [6.07, 6.45) is 1.69. The van der Waals surface area contributed by atoms with Gasteiger partial charge in [0.2, 0.25) is 0 Å². The van der Waals surface area contributed by atoms with Gasteiger partial charge in [-0.05, 0) is 42.8 Å². The molecule has 0 unspecified atom stereocenters. The van der Waals surface area contributed by atoms with Crippen molar-refractivity contribution in [3.8, 4) is 0 Å². The quantitative estimate of drug-likeness (QED) is 0.893. The molecule has 5 nitrogen and oxygen atoms in total. The molecule has 0 radical (unpaired) electrons. The standard InChI is InChI=1S/C17H18BrN3O2/c1-12-10-13(2-4-15(12)18)20-14-3-5-16(19-11-14)17(22)21-6-8-23-9-7-21/h2-5,10-11,20H,6-9H2,1H3. The summed E-state index contributed by atoms with van der Waals surface area (Å²) in [6.45, 7) is 4.47. The molecule has 0 spiro atoms. The maximum atomic E-state index is 12.3. The number of nitrogens with zero attached hydrogens (tertiary/aromatic N) is 2. The molecule has 0 bridgehead atoms. The third kappa shape index (κ3) is 3.89. The Hall–Kier alpha value is -1.92. The Balaban J connectivity index is 1.68. The third-order valence-corrected chi connectivity index (χ3v) is 4.62. The van der Waals surface area contributed by atoms with Crippen LogP contribution in [-0.2, 0) is 4.74 Å². The lowest BCUT2D eigenvalue weighted by atomic mass is 10.2. The average Bonchev–Trinajstić information content (AvgIpc) is 2.59. The summed E-state index contributed by atoms with van der Waals surface area (Å²) in [5.41, 5.74) is 3.46. The van der Waals surface area contributed by atoms with E-state index in [2.05, 4.69) is 32.3 Å². The highest BCUT2D eigenvalue weighted by atomic mass is 79.9. The van der Waals surface area contributed by atoms with Crippen LogP contribution in [0.5, 0.6) is 0 Å². The van der Waals surface area contributed by atoms with Crippen LogP contribution in [0, 0.1) is 6.92 Å². The molecule has 1 amide bonds. The van der Waals surface area contributed by atoms with Crippen LogP contribution < -0.4 is 5.32 Å². The van der Waals surface area contributed by atoms with Crippen LogP contribution in [0.2, 0.25) is 0 Å². The SMILES string of the molecule is Cc1cc(Nc2ccc(C(=O)N3CCOCC3)nc2)ccc1Br. The highest BCUT2D eigenvalue weighted by Gasteiger charge is 2.19. The topological polar surface area (TPSA) is 54.5 Å². The fraction of sp³-hybridized carbons (Fsp3) is 0.294. The summed E-state index contributed by atoms with van der Waals surface area (Å²) in [5, 5.41) is 3.29. The second kappa shape index (κ2) is 7.10. The van der Waals surface area contributed by atoms with Crippen molar-refractivity contribution >= 4 is 33.2 Å². The summed E-state index contributed by atoms with van der Waals surface area (Å²) in [7, 11) is 0. The van der Waals surface area contributed by atoms with Gasteiger partial charge in [-0.25, -0.2) is 4.98 Å². The van der Waals surface area contributed by atoms with E-state index >= 15 is 0 Å². The molecule has 1 N–H and O–H groups in total. The van der Waals surface area contributed by atoms with Crippen LogP contribution in [0.3, 0.4) is 0 Å². The van der Waals surface area contributed by atoms with E-state index < -0.39 is 0 Å².